The van der Waals surface area contributed by atoms with E-state index in [0.717, 1.165) is 44.2 Å². The highest BCUT2D eigenvalue weighted by Crippen LogP contribution is 2.21. The quantitative estimate of drug-likeness (QED) is 0.838. The molecule has 0 saturated carbocycles. The van der Waals surface area contributed by atoms with Crippen LogP contribution in [0.4, 0.5) is 11.6 Å². The van der Waals surface area contributed by atoms with Gasteiger partial charge in [0.1, 0.15) is 11.6 Å². The first-order valence-electron chi connectivity index (χ1n) is 6.69. The van der Waals surface area contributed by atoms with Gasteiger partial charge in [0.05, 0.1) is 12.4 Å². The Balaban J connectivity index is 1.93. The van der Waals surface area contributed by atoms with Crippen LogP contribution in [0.1, 0.15) is 26.7 Å². The Bertz CT molecular complexity index is 366. The Morgan fingerprint density at radius 3 is 2.78 bits per heavy atom. The number of hydrogen-bond donors (Lipinski definition) is 2. The summed E-state index contributed by atoms with van der Waals surface area (Å²) in [4.78, 5) is 8.67. The first-order valence-corrected chi connectivity index (χ1v) is 6.69. The van der Waals surface area contributed by atoms with Crippen LogP contribution in [-0.2, 0) is 4.74 Å². The van der Waals surface area contributed by atoms with Gasteiger partial charge in [0, 0.05) is 25.8 Å². The second-order valence-corrected chi connectivity index (χ2v) is 4.70. The predicted molar refractivity (Wildman–Crippen MR) is 72.8 cm³/mol. The molecule has 0 amide bonds. The molecule has 2 N–H and O–H groups in total. The van der Waals surface area contributed by atoms with Crippen LogP contribution in [0.2, 0.25) is 0 Å². The molecule has 1 aliphatic heterocycles. The topological polar surface area (TPSA) is 59.1 Å². The first kappa shape index (κ1) is 13.1. The molecule has 1 aliphatic rings. The molecule has 0 spiro atoms. The summed E-state index contributed by atoms with van der Waals surface area (Å²) < 4.78 is 5.39. The summed E-state index contributed by atoms with van der Waals surface area (Å²) in [6, 6.07) is 0.403. The van der Waals surface area contributed by atoms with Crippen LogP contribution < -0.4 is 10.6 Å². The minimum Gasteiger partial charge on any atom is -0.381 e. The van der Waals surface area contributed by atoms with E-state index in [1.54, 1.807) is 12.4 Å². The fourth-order valence-electron chi connectivity index (χ4n) is 2.27. The summed E-state index contributed by atoms with van der Waals surface area (Å²) in [6.07, 6.45) is 5.76. The fourth-order valence-corrected chi connectivity index (χ4v) is 2.27. The maximum atomic E-state index is 5.39. The van der Waals surface area contributed by atoms with Gasteiger partial charge in [0.2, 0.25) is 0 Å². The van der Waals surface area contributed by atoms with E-state index >= 15 is 0 Å². The largest absolute Gasteiger partial charge is 0.381 e. The Morgan fingerprint density at radius 2 is 2.06 bits per heavy atom. The monoisotopic (exact) mass is 250 g/mol. The summed E-state index contributed by atoms with van der Waals surface area (Å²) in [5.74, 6) is 2.32. The summed E-state index contributed by atoms with van der Waals surface area (Å²) >= 11 is 0. The maximum absolute atomic E-state index is 5.39. The molecule has 100 valence electrons. The molecule has 2 rings (SSSR count). The fraction of sp³-hybridized carbons (Fsp3) is 0.692. The molecule has 0 radical (unpaired) electrons. The minimum atomic E-state index is 0.403. The van der Waals surface area contributed by atoms with E-state index in [2.05, 4.69) is 27.5 Å². The molecule has 5 heteroatoms. The van der Waals surface area contributed by atoms with Crippen molar-refractivity contribution in [1.82, 2.24) is 9.97 Å². The van der Waals surface area contributed by atoms with Crippen molar-refractivity contribution in [3.8, 4) is 0 Å². The van der Waals surface area contributed by atoms with Gasteiger partial charge in [-0.1, -0.05) is 0 Å². The Morgan fingerprint density at radius 1 is 1.33 bits per heavy atom. The first-order chi connectivity index (χ1) is 8.79. The van der Waals surface area contributed by atoms with Crippen molar-refractivity contribution in [1.29, 1.82) is 0 Å². The number of rotatable bonds is 5. The van der Waals surface area contributed by atoms with Crippen LogP contribution in [0.15, 0.2) is 12.4 Å². The van der Waals surface area contributed by atoms with Gasteiger partial charge >= 0.3 is 0 Å². The van der Waals surface area contributed by atoms with Gasteiger partial charge in [0.15, 0.2) is 0 Å². The van der Waals surface area contributed by atoms with Gasteiger partial charge in [0.25, 0.3) is 0 Å². The van der Waals surface area contributed by atoms with Crippen molar-refractivity contribution in [3.05, 3.63) is 12.4 Å². The van der Waals surface area contributed by atoms with Gasteiger partial charge < -0.3 is 15.4 Å². The molecule has 1 aromatic heterocycles. The lowest BCUT2D eigenvalue weighted by Gasteiger charge is -2.28. The van der Waals surface area contributed by atoms with Crippen LogP contribution >= 0.6 is 0 Å². The molecule has 0 aliphatic carbocycles. The average molecular weight is 250 g/mol. The van der Waals surface area contributed by atoms with Crippen LogP contribution in [0.5, 0.6) is 0 Å². The molecule has 0 aromatic carbocycles. The number of anilines is 2. The normalized spacial score (nSPS) is 18.3. The maximum Gasteiger partial charge on any atom is 0.147 e. The Labute approximate surface area is 108 Å². The second kappa shape index (κ2) is 6.54. The standard InChI is InChI=1S/C13H22N4O/c1-3-15-12-8-14-9-13(17-12)16-10(2)11-4-6-18-7-5-11/h8-11H,3-7H2,1-2H3,(H2,15,16,17). The molecule has 1 saturated heterocycles. The van der Waals surface area contributed by atoms with E-state index in [4.69, 9.17) is 4.74 Å². The summed E-state index contributed by atoms with van der Waals surface area (Å²) in [7, 11) is 0. The summed E-state index contributed by atoms with van der Waals surface area (Å²) in [5, 5.41) is 6.61. The van der Waals surface area contributed by atoms with Crippen molar-refractivity contribution in [2.24, 2.45) is 5.92 Å². The van der Waals surface area contributed by atoms with E-state index in [1.807, 2.05) is 6.92 Å². The second-order valence-electron chi connectivity index (χ2n) is 4.70. The van der Waals surface area contributed by atoms with Crippen molar-refractivity contribution in [3.63, 3.8) is 0 Å². The van der Waals surface area contributed by atoms with Gasteiger partial charge in [-0.15, -0.1) is 0 Å². The van der Waals surface area contributed by atoms with E-state index in [9.17, 15) is 0 Å². The number of nitrogens with zero attached hydrogens (tertiary/aromatic N) is 2. The molecule has 0 bridgehead atoms. The molecule has 1 atom stereocenters. The highest BCUT2D eigenvalue weighted by Gasteiger charge is 2.20. The molecule has 2 heterocycles. The number of ether oxygens (including phenoxy) is 1. The molecule has 18 heavy (non-hydrogen) atoms. The smallest absolute Gasteiger partial charge is 0.147 e. The van der Waals surface area contributed by atoms with Crippen molar-refractivity contribution < 1.29 is 4.74 Å². The third-order valence-electron chi connectivity index (χ3n) is 3.34. The van der Waals surface area contributed by atoms with Crippen molar-refractivity contribution >= 4 is 11.6 Å². The third-order valence-corrected chi connectivity index (χ3v) is 3.34. The van der Waals surface area contributed by atoms with E-state index in [0.29, 0.717) is 12.0 Å². The van der Waals surface area contributed by atoms with E-state index < -0.39 is 0 Å². The molecular formula is C13H22N4O. The zero-order valence-corrected chi connectivity index (χ0v) is 11.1. The number of nitrogens with one attached hydrogen (secondary N) is 2. The van der Waals surface area contributed by atoms with E-state index in [-0.39, 0.29) is 0 Å². The van der Waals surface area contributed by atoms with Gasteiger partial charge in [-0.3, -0.25) is 4.98 Å². The van der Waals surface area contributed by atoms with Gasteiger partial charge in [-0.05, 0) is 32.6 Å². The average Bonchev–Trinajstić information content (AvgIpc) is 2.40. The lowest BCUT2D eigenvalue weighted by Crippen LogP contribution is -2.31. The molecule has 1 aromatic rings. The van der Waals surface area contributed by atoms with Crippen molar-refractivity contribution in [2.75, 3.05) is 30.4 Å². The molecular weight excluding hydrogens is 228 g/mol. The lowest BCUT2D eigenvalue weighted by molar-refractivity contribution is 0.0622. The lowest BCUT2D eigenvalue weighted by atomic mass is 9.93. The zero-order valence-electron chi connectivity index (χ0n) is 11.1. The SMILES string of the molecule is CCNc1cncc(NC(C)C2CCOCC2)n1. The van der Waals surface area contributed by atoms with E-state index in [1.165, 1.54) is 0 Å². The van der Waals surface area contributed by atoms with Crippen LogP contribution in [0, 0.1) is 5.92 Å². The number of hydrogen-bond acceptors (Lipinski definition) is 5. The number of aromatic nitrogens is 2. The van der Waals surface area contributed by atoms with Gasteiger partial charge in [-0.25, -0.2) is 4.98 Å². The minimum absolute atomic E-state index is 0.403. The molecule has 1 fully saturated rings. The van der Waals surface area contributed by atoms with Crippen LogP contribution in [0.3, 0.4) is 0 Å². The Kier molecular flexibility index (Phi) is 4.75. The molecule has 5 nitrogen and oxygen atoms in total. The predicted octanol–water partition coefficient (Wildman–Crippen LogP) is 2.14. The highest BCUT2D eigenvalue weighted by molar-refractivity contribution is 5.42. The summed E-state index contributed by atoms with van der Waals surface area (Å²) in [6.45, 7) is 6.86. The van der Waals surface area contributed by atoms with Crippen LogP contribution in [-0.4, -0.2) is 35.8 Å². The Hall–Kier alpha value is -1.36. The van der Waals surface area contributed by atoms with Crippen LogP contribution in [0.25, 0.3) is 0 Å². The third kappa shape index (κ3) is 3.57. The molecule has 1 unspecified atom stereocenters. The highest BCUT2D eigenvalue weighted by atomic mass is 16.5. The van der Waals surface area contributed by atoms with Gasteiger partial charge in [-0.2, -0.15) is 0 Å². The zero-order chi connectivity index (χ0) is 12.8. The van der Waals surface area contributed by atoms with Crippen molar-refractivity contribution in [2.45, 2.75) is 32.7 Å². The summed E-state index contributed by atoms with van der Waals surface area (Å²) in [5.41, 5.74) is 0.